The molecule has 0 radical (unpaired) electrons. The van der Waals surface area contributed by atoms with Crippen LogP contribution in [-0.4, -0.2) is 5.14 Å². The maximum absolute atomic E-state index is 16.6. The molecule has 1 heterocycles. The standard InChI is InChI=1S/C37H31O3P3.C6H8P.2ClH.Zr/c38-41(31-19-7-1-8-20-31,32-21-9-2-10-22-32)37(42(39,33-23-11-3-12-24-33)34-25-13-4-14-26-34)43(40,35-27-15-5-16-28-35)36-29-17-6-18-30-36;1-5-3-7-4-6(5)2;;;/h1-30,37H;3,7H,1-2H3;2*1H;/q;-1;;;. The van der Waals surface area contributed by atoms with E-state index >= 15 is 13.7 Å². The molecule has 0 aliphatic rings. The fraction of sp³-hybridized carbons (Fsp3) is 0.0698. The van der Waals surface area contributed by atoms with Crippen molar-refractivity contribution in [2.75, 3.05) is 0 Å². The molecule has 1 unspecified atom stereocenters. The molecular weight excluding hydrogens is 850 g/mol. The van der Waals surface area contributed by atoms with Gasteiger partial charge >= 0.3 is 0 Å². The van der Waals surface area contributed by atoms with Crippen molar-refractivity contribution >= 4 is 86.3 Å². The largest absolute Gasteiger partial charge is 0.312 e. The average Bonchev–Trinajstić information content (AvgIpc) is 3.58. The third-order valence-electron chi connectivity index (χ3n) is 8.95. The van der Waals surface area contributed by atoms with Gasteiger partial charge in [-0.25, -0.2) is 0 Å². The number of hydrogen-bond acceptors (Lipinski definition) is 3. The molecule has 0 bridgehead atoms. The molecule has 3 nitrogen and oxygen atoms in total. The van der Waals surface area contributed by atoms with Gasteiger partial charge in [-0.15, -0.1) is 24.8 Å². The zero-order chi connectivity index (χ0) is 35.0. The van der Waals surface area contributed by atoms with E-state index < -0.39 is 26.6 Å². The fourth-order valence-electron chi connectivity index (χ4n) is 6.29. The molecule has 0 aliphatic carbocycles. The van der Waals surface area contributed by atoms with Gasteiger partial charge in [0.15, 0.2) is 21.4 Å². The Hall–Kier alpha value is -2.75. The zero-order valence-corrected chi connectivity index (χ0v) is 37.1. The van der Waals surface area contributed by atoms with Crippen LogP contribution >= 0.6 is 54.4 Å². The van der Waals surface area contributed by atoms with E-state index in [1.165, 1.54) is 11.1 Å². The summed E-state index contributed by atoms with van der Waals surface area (Å²) in [5.41, 5.74) is 2.73. The Balaban J connectivity index is 0.000000681. The SMILES string of the molecule is Cc1[c-][pH]cc1C.Cl.Cl.O=P(c1ccccc1)(c1ccccc1)C(P(=O)(c1ccccc1)c1ccccc1)P(=O)(c1ccccc1)c1ccccc1.[Zr]. The van der Waals surface area contributed by atoms with Crippen LogP contribution in [0.25, 0.3) is 0 Å². The van der Waals surface area contributed by atoms with E-state index in [0.717, 1.165) is 8.19 Å². The van der Waals surface area contributed by atoms with Gasteiger partial charge in [-0.2, -0.15) is 22.7 Å². The van der Waals surface area contributed by atoms with Crippen LogP contribution in [-0.2, 0) is 39.9 Å². The monoisotopic (exact) mass is 889 g/mol. The van der Waals surface area contributed by atoms with Crippen LogP contribution in [0.15, 0.2) is 188 Å². The van der Waals surface area contributed by atoms with Gasteiger partial charge in [0, 0.05) is 58.0 Å². The van der Waals surface area contributed by atoms with Gasteiger partial charge in [0.1, 0.15) is 5.14 Å². The van der Waals surface area contributed by atoms with Gasteiger partial charge < -0.3 is 13.7 Å². The van der Waals surface area contributed by atoms with E-state index in [9.17, 15) is 0 Å². The maximum Gasteiger partial charge on any atom is 0.161 e. The second kappa shape index (κ2) is 20.3. The van der Waals surface area contributed by atoms with Gasteiger partial charge in [-0.1, -0.05) is 196 Å². The Morgan fingerprint density at radius 2 is 0.623 bits per heavy atom. The van der Waals surface area contributed by atoms with Crippen molar-refractivity contribution in [3.8, 4) is 0 Å². The quantitative estimate of drug-likeness (QED) is 0.107. The molecule has 1 aromatic heterocycles. The smallest absolute Gasteiger partial charge is 0.161 e. The number of rotatable bonds is 9. The first kappa shape index (κ1) is 44.6. The third-order valence-corrected chi connectivity index (χ3v) is 24.2. The summed E-state index contributed by atoms with van der Waals surface area (Å²) >= 11 is 0. The molecule has 6 aromatic carbocycles. The summed E-state index contributed by atoms with van der Waals surface area (Å²) in [6, 6.07) is 55.2. The van der Waals surface area contributed by atoms with Crippen molar-refractivity contribution in [3.05, 3.63) is 205 Å². The Labute approximate surface area is 347 Å². The van der Waals surface area contributed by atoms with E-state index in [0.29, 0.717) is 31.8 Å². The van der Waals surface area contributed by atoms with E-state index in [-0.39, 0.29) is 51.0 Å². The van der Waals surface area contributed by atoms with Gasteiger partial charge in [-0.05, 0) is 0 Å². The summed E-state index contributed by atoms with van der Waals surface area (Å²) in [7, 11) is -11.1. The van der Waals surface area contributed by atoms with Crippen LogP contribution in [0.5, 0.6) is 0 Å². The third kappa shape index (κ3) is 9.21. The first-order chi connectivity index (χ1) is 24.3. The number of benzene rings is 6. The number of aryl methyl sites for hydroxylation is 2. The van der Waals surface area contributed by atoms with Crippen molar-refractivity contribution in [2.45, 2.75) is 19.0 Å². The fourth-order valence-corrected chi connectivity index (χ4v) is 23.7. The summed E-state index contributed by atoms with van der Waals surface area (Å²) < 4.78 is 49.7. The Kier molecular flexibility index (Phi) is 17.1. The number of halogens is 2. The van der Waals surface area contributed by atoms with Crippen LogP contribution in [0.3, 0.4) is 0 Å². The van der Waals surface area contributed by atoms with Crippen molar-refractivity contribution in [1.29, 1.82) is 0 Å². The van der Waals surface area contributed by atoms with Crippen LogP contribution in [0.1, 0.15) is 11.1 Å². The summed E-state index contributed by atoms with van der Waals surface area (Å²) in [4.78, 5) is 0. The van der Waals surface area contributed by atoms with E-state index in [4.69, 9.17) is 0 Å². The molecule has 53 heavy (non-hydrogen) atoms. The van der Waals surface area contributed by atoms with E-state index in [2.05, 4.69) is 25.4 Å². The molecule has 1 atom stereocenters. The molecule has 0 N–H and O–H groups in total. The first-order valence-electron chi connectivity index (χ1n) is 16.5. The topological polar surface area (TPSA) is 51.2 Å². The zero-order valence-electron chi connectivity index (χ0n) is 29.4. The predicted molar refractivity (Wildman–Crippen MR) is 232 cm³/mol. The van der Waals surface area contributed by atoms with Gasteiger partial charge in [-0.3, -0.25) is 8.19 Å². The summed E-state index contributed by atoms with van der Waals surface area (Å²) in [6.07, 6.45) is 0. The molecule has 7 aromatic rings. The molecule has 0 saturated carbocycles. The van der Waals surface area contributed by atoms with Crippen LogP contribution in [0.2, 0.25) is 0 Å². The van der Waals surface area contributed by atoms with Gasteiger partial charge in [0.05, 0.1) is 0 Å². The Bertz CT molecular complexity index is 1900. The van der Waals surface area contributed by atoms with Crippen LogP contribution in [0, 0.1) is 19.6 Å². The summed E-state index contributed by atoms with van der Waals surface area (Å²) in [5.74, 6) is 5.44. The minimum absolute atomic E-state index is 0. The molecule has 0 saturated heterocycles. The molecule has 0 spiro atoms. The molecular formula is C43H41Cl2O3P4Zr-. The van der Waals surface area contributed by atoms with Crippen LogP contribution < -0.4 is 31.8 Å². The Morgan fingerprint density at radius 3 is 0.755 bits per heavy atom. The summed E-state index contributed by atoms with van der Waals surface area (Å²) in [6.45, 7) is 4.23. The molecule has 0 aliphatic heterocycles. The second-order valence-corrected chi connectivity index (χ2v) is 22.7. The van der Waals surface area contributed by atoms with Crippen molar-refractivity contribution in [2.24, 2.45) is 0 Å². The molecule has 0 fully saturated rings. The van der Waals surface area contributed by atoms with Crippen molar-refractivity contribution in [3.63, 3.8) is 0 Å². The summed E-state index contributed by atoms with van der Waals surface area (Å²) in [5, 5.41) is 1.80. The van der Waals surface area contributed by atoms with Crippen molar-refractivity contribution in [1.82, 2.24) is 0 Å². The first-order valence-corrected chi connectivity index (χ1v) is 22.9. The number of hydrogen-bond donors (Lipinski definition) is 0. The van der Waals surface area contributed by atoms with E-state index in [1.807, 2.05) is 182 Å². The normalized spacial score (nSPS) is 11.3. The van der Waals surface area contributed by atoms with Gasteiger partial charge in [0.2, 0.25) is 0 Å². The minimum atomic E-state index is -3.97. The van der Waals surface area contributed by atoms with E-state index in [1.54, 1.807) is 0 Å². The molecule has 270 valence electrons. The minimum Gasteiger partial charge on any atom is -0.312 e. The Morgan fingerprint density at radius 1 is 0.415 bits per heavy atom. The van der Waals surface area contributed by atoms with Gasteiger partial charge in [0.25, 0.3) is 0 Å². The van der Waals surface area contributed by atoms with Crippen molar-refractivity contribution < 1.29 is 39.9 Å². The maximum atomic E-state index is 16.6. The molecule has 0 amide bonds. The molecule has 10 heteroatoms. The second-order valence-electron chi connectivity index (χ2n) is 12.1. The molecule has 7 rings (SSSR count). The average molecular weight is 892 g/mol. The predicted octanol–water partition coefficient (Wildman–Crippen LogP) is 10.3. The van der Waals surface area contributed by atoms with Crippen LogP contribution in [0.4, 0.5) is 0 Å².